The van der Waals surface area contributed by atoms with Crippen LogP contribution in [0.5, 0.6) is 0 Å². The van der Waals surface area contributed by atoms with Crippen LogP contribution in [-0.2, 0) is 0 Å². The highest BCUT2D eigenvalue weighted by Gasteiger charge is 2.37. The Labute approximate surface area is 113 Å². The van der Waals surface area contributed by atoms with E-state index in [1.807, 2.05) is 0 Å². The molecule has 2 saturated carbocycles. The molecule has 1 unspecified atom stereocenters. The average molecular weight is 250 g/mol. The van der Waals surface area contributed by atoms with Gasteiger partial charge in [-0.25, -0.2) is 0 Å². The first kappa shape index (κ1) is 12.9. The zero-order valence-corrected chi connectivity index (χ0v) is 12.1. The monoisotopic (exact) mass is 250 g/mol. The lowest BCUT2D eigenvalue weighted by atomic mass is 9.77. The van der Waals surface area contributed by atoms with E-state index >= 15 is 0 Å². The van der Waals surface area contributed by atoms with Crippen molar-refractivity contribution in [2.24, 2.45) is 5.41 Å². The smallest absolute Gasteiger partial charge is 0.00790 e. The molecular formula is C16H30N2. The Balaban J connectivity index is 1.37. The van der Waals surface area contributed by atoms with Crippen LogP contribution >= 0.6 is 0 Å². The summed E-state index contributed by atoms with van der Waals surface area (Å²) in [6, 6.07) is 1.66. The normalized spacial score (nSPS) is 29.8. The molecule has 0 aromatic heterocycles. The summed E-state index contributed by atoms with van der Waals surface area (Å²) >= 11 is 0. The summed E-state index contributed by atoms with van der Waals surface area (Å²) in [5.74, 6) is 0. The molecule has 0 bridgehead atoms. The van der Waals surface area contributed by atoms with E-state index in [1.165, 1.54) is 77.4 Å². The molecule has 1 spiro atoms. The molecule has 104 valence electrons. The third kappa shape index (κ3) is 3.08. The first-order valence-electron chi connectivity index (χ1n) is 8.25. The standard InChI is InChI=1S/C16H30N2/c1-14(6-11-17-15-4-5-15)18-12-9-16(10-13-18)7-2-3-8-16/h14-15,17H,2-13H2,1H3. The minimum Gasteiger partial charge on any atom is -0.314 e. The number of piperidine rings is 1. The molecule has 0 amide bonds. The number of nitrogens with one attached hydrogen (secondary N) is 1. The number of likely N-dealkylation sites (tertiary alicyclic amines) is 1. The van der Waals surface area contributed by atoms with Crippen LogP contribution in [0.4, 0.5) is 0 Å². The van der Waals surface area contributed by atoms with Crippen molar-refractivity contribution in [1.29, 1.82) is 0 Å². The van der Waals surface area contributed by atoms with Crippen LogP contribution in [0.25, 0.3) is 0 Å². The molecule has 3 aliphatic rings. The molecule has 1 atom stereocenters. The summed E-state index contributed by atoms with van der Waals surface area (Å²) in [4.78, 5) is 2.75. The van der Waals surface area contributed by atoms with Gasteiger partial charge in [0, 0.05) is 12.1 Å². The van der Waals surface area contributed by atoms with E-state index in [0.29, 0.717) is 0 Å². The van der Waals surface area contributed by atoms with Crippen molar-refractivity contribution in [1.82, 2.24) is 10.2 Å². The van der Waals surface area contributed by atoms with Crippen molar-refractivity contribution in [2.45, 2.75) is 76.8 Å². The molecule has 0 radical (unpaired) electrons. The maximum Gasteiger partial charge on any atom is 0.00790 e. The highest BCUT2D eigenvalue weighted by atomic mass is 15.2. The molecule has 1 aliphatic heterocycles. The van der Waals surface area contributed by atoms with Crippen LogP contribution < -0.4 is 5.32 Å². The number of rotatable bonds is 5. The zero-order valence-electron chi connectivity index (χ0n) is 12.1. The summed E-state index contributed by atoms with van der Waals surface area (Å²) in [7, 11) is 0. The van der Waals surface area contributed by atoms with Gasteiger partial charge in [-0.3, -0.25) is 0 Å². The van der Waals surface area contributed by atoms with Gasteiger partial charge in [-0.15, -0.1) is 0 Å². The van der Waals surface area contributed by atoms with Crippen molar-refractivity contribution in [2.75, 3.05) is 19.6 Å². The summed E-state index contributed by atoms with van der Waals surface area (Å²) < 4.78 is 0. The van der Waals surface area contributed by atoms with Gasteiger partial charge in [-0.1, -0.05) is 12.8 Å². The molecule has 2 aliphatic carbocycles. The van der Waals surface area contributed by atoms with Crippen molar-refractivity contribution in [3.8, 4) is 0 Å². The summed E-state index contributed by atoms with van der Waals surface area (Å²) in [6.07, 6.45) is 13.2. The molecule has 2 nitrogen and oxygen atoms in total. The third-order valence-corrected chi connectivity index (χ3v) is 5.72. The Morgan fingerprint density at radius 3 is 2.39 bits per heavy atom. The predicted molar refractivity (Wildman–Crippen MR) is 76.8 cm³/mol. The van der Waals surface area contributed by atoms with Gasteiger partial charge < -0.3 is 10.2 Å². The quantitative estimate of drug-likeness (QED) is 0.806. The van der Waals surface area contributed by atoms with Gasteiger partial charge in [-0.05, 0) is 76.9 Å². The Morgan fingerprint density at radius 2 is 1.78 bits per heavy atom. The van der Waals surface area contributed by atoms with Crippen LogP contribution in [0.15, 0.2) is 0 Å². The van der Waals surface area contributed by atoms with Gasteiger partial charge in [0.2, 0.25) is 0 Å². The Kier molecular flexibility index (Phi) is 3.95. The fourth-order valence-corrected chi connectivity index (χ4v) is 4.03. The molecule has 2 heteroatoms. The number of nitrogens with zero attached hydrogens (tertiary/aromatic N) is 1. The molecule has 1 saturated heterocycles. The summed E-state index contributed by atoms with van der Waals surface area (Å²) in [5.41, 5.74) is 0.780. The minimum absolute atomic E-state index is 0.780. The molecule has 3 rings (SSSR count). The van der Waals surface area contributed by atoms with Gasteiger partial charge >= 0.3 is 0 Å². The van der Waals surface area contributed by atoms with Crippen molar-refractivity contribution < 1.29 is 0 Å². The van der Waals surface area contributed by atoms with Crippen LogP contribution in [0.2, 0.25) is 0 Å². The van der Waals surface area contributed by atoms with Crippen LogP contribution in [0.1, 0.15) is 64.7 Å². The fraction of sp³-hybridized carbons (Fsp3) is 1.00. The van der Waals surface area contributed by atoms with Gasteiger partial charge in [0.05, 0.1) is 0 Å². The van der Waals surface area contributed by atoms with E-state index in [9.17, 15) is 0 Å². The van der Waals surface area contributed by atoms with Crippen molar-refractivity contribution in [3.63, 3.8) is 0 Å². The second kappa shape index (κ2) is 5.50. The lowest BCUT2D eigenvalue weighted by molar-refractivity contribution is 0.0786. The lowest BCUT2D eigenvalue weighted by Crippen LogP contribution is -2.44. The van der Waals surface area contributed by atoms with Crippen LogP contribution in [0.3, 0.4) is 0 Å². The maximum atomic E-state index is 3.65. The van der Waals surface area contributed by atoms with E-state index in [4.69, 9.17) is 0 Å². The van der Waals surface area contributed by atoms with Gasteiger partial charge in [0.15, 0.2) is 0 Å². The zero-order chi connectivity index (χ0) is 12.4. The molecule has 0 aromatic carbocycles. The molecule has 3 fully saturated rings. The molecule has 18 heavy (non-hydrogen) atoms. The van der Waals surface area contributed by atoms with Gasteiger partial charge in [0.25, 0.3) is 0 Å². The summed E-state index contributed by atoms with van der Waals surface area (Å²) in [5, 5.41) is 3.65. The van der Waals surface area contributed by atoms with E-state index in [2.05, 4.69) is 17.1 Å². The van der Waals surface area contributed by atoms with Gasteiger partial charge in [0.1, 0.15) is 0 Å². The molecule has 1 heterocycles. The van der Waals surface area contributed by atoms with Crippen LogP contribution in [-0.4, -0.2) is 36.6 Å². The second-order valence-corrected chi connectivity index (χ2v) is 7.11. The number of hydrogen-bond donors (Lipinski definition) is 1. The molecular weight excluding hydrogens is 220 g/mol. The highest BCUT2D eigenvalue weighted by Crippen LogP contribution is 2.46. The third-order valence-electron chi connectivity index (χ3n) is 5.72. The Bertz CT molecular complexity index is 256. The molecule has 1 N–H and O–H groups in total. The first-order chi connectivity index (χ1) is 8.77. The Morgan fingerprint density at radius 1 is 1.11 bits per heavy atom. The lowest BCUT2D eigenvalue weighted by Gasteiger charge is -2.42. The van der Waals surface area contributed by atoms with Crippen LogP contribution in [0, 0.1) is 5.41 Å². The minimum atomic E-state index is 0.780. The SMILES string of the molecule is CC(CCNC1CC1)N1CCC2(CCCC2)CC1. The maximum absolute atomic E-state index is 3.65. The average Bonchev–Trinajstić information content (AvgIpc) is 3.10. The van der Waals surface area contributed by atoms with E-state index in [1.54, 1.807) is 0 Å². The predicted octanol–water partition coefficient (Wildman–Crippen LogP) is 3.17. The Hall–Kier alpha value is -0.0800. The van der Waals surface area contributed by atoms with E-state index in [0.717, 1.165) is 17.5 Å². The molecule has 0 aromatic rings. The second-order valence-electron chi connectivity index (χ2n) is 7.11. The van der Waals surface area contributed by atoms with E-state index in [-0.39, 0.29) is 0 Å². The van der Waals surface area contributed by atoms with E-state index < -0.39 is 0 Å². The van der Waals surface area contributed by atoms with Crippen molar-refractivity contribution in [3.05, 3.63) is 0 Å². The fourth-order valence-electron chi connectivity index (χ4n) is 4.03. The topological polar surface area (TPSA) is 15.3 Å². The first-order valence-corrected chi connectivity index (χ1v) is 8.25. The van der Waals surface area contributed by atoms with Gasteiger partial charge in [-0.2, -0.15) is 0 Å². The highest BCUT2D eigenvalue weighted by molar-refractivity contribution is 4.91. The summed E-state index contributed by atoms with van der Waals surface area (Å²) in [6.45, 7) is 6.39. The largest absolute Gasteiger partial charge is 0.314 e. The number of hydrogen-bond acceptors (Lipinski definition) is 2. The van der Waals surface area contributed by atoms with Crippen molar-refractivity contribution >= 4 is 0 Å².